The van der Waals surface area contributed by atoms with Crippen LogP contribution in [0.15, 0.2) is 29.1 Å². The van der Waals surface area contributed by atoms with Crippen molar-refractivity contribution in [2.75, 3.05) is 18.4 Å². The fourth-order valence-corrected chi connectivity index (χ4v) is 10.6. The van der Waals surface area contributed by atoms with Crippen molar-refractivity contribution in [1.29, 1.82) is 0 Å². The zero-order valence-corrected chi connectivity index (χ0v) is 43.9. The lowest BCUT2D eigenvalue weighted by atomic mass is 9.83. The first-order chi connectivity index (χ1) is 35.4. The van der Waals surface area contributed by atoms with Crippen LogP contribution in [0.4, 0.5) is 14.9 Å². The van der Waals surface area contributed by atoms with Gasteiger partial charge in [-0.05, 0) is 75.0 Å². The molecule has 1 aromatic carbocycles. The zero-order chi connectivity index (χ0) is 53.7. The number of unbranched alkanes of at least 4 members (excludes halogenated alkanes) is 9. The van der Waals surface area contributed by atoms with E-state index in [-0.39, 0.29) is 97.8 Å². The van der Waals surface area contributed by atoms with Gasteiger partial charge < -0.3 is 41.4 Å². The number of aromatic nitrogens is 2. The van der Waals surface area contributed by atoms with E-state index in [0.29, 0.717) is 54.6 Å². The number of rotatable bonds is 29. The molecule has 7 N–H and O–H groups in total. The standard InChI is InChI=1S/C55H77FN8O10/c1-6-9-11-12-13-17-23-55(73)39-29-44-48-36(31-64(44)52(70)38(39)32-74-53(55)71)26-35-27-43(40(56)30-42(35)59-48)61-49(67)41(21-19-24-58-54(57)72)60-50(68)47(33(4)5)62-45(65)22-16-14-18-25-63-46(66)28-37(51(63)69)34(8-3)20-15-10-7-2/h26-27,29-30,33-34,37,41,47,73H,6-25,28,31-32H2,1-5H3,(H,60,68)(H,61,67)(H,62,65)(H3,57,58,72)/t34?,37?,41-,47-,55-/m0/s1. The van der Waals surface area contributed by atoms with Crippen LogP contribution in [0.2, 0.25) is 0 Å². The van der Waals surface area contributed by atoms with Crippen molar-refractivity contribution in [3.63, 3.8) is 0 Å². The predicted molar refractivity (Wildman–Crippen MR) is 278 cm³/mol. The molecule has 3 aliphatic rings. The Kier molecular flexibility index (Phi) is 20.3. The first-order valence-corrected chi connectivity index (χ1v) is 27.0. The topological polar surface area (TPSA) is 261 Å². The number of carbonyl (C=O) groups excluding carboxylic acids is 7. The summed E-state index contributed by atoms with van der Waals surface area (Å²) in [6.07, 6.45) is 12.8. The maximum atomic E-state index is 16.0. The van der Waals surface area contributed by atoms with Crippen LogP contribution in [0.25, 0.3) is 22.3 Å². The molecule has 6 rings (SSSR count). The van der Waals surface area contributed by atoms with Gasteiger partial charge in [0, 0.05) is 48.5 Å². The van der Waals surface area contributed by atoms with Crippen LogP contribution >= 0.6 is 0 Å². The maximum Gasteiger partial charge on any atom is 0.343 e. The SMILES string of the molecule is CCCCCCCC[C@@]1(O)C(=O)OCc2c1cc1n(c2=O)Cc2cc3cc(NC(=O)[C@H](CCCNC(N)=O)NC(=O)[C@@H](NC(=O)CCCCCN4C(=O)CC(C(CC)CCCCC)C4=O)C(C)C)c(F)cc3nc2-1. The van der Waals surface area contributed by atoms with Gasteiger partial charge in [0.2, 0.25) is 29.5 Å². The highest BCUT2D eigenvalue weighted by molar-refractivity contribution is 6.04. The third kappa shape index (κ3) is 13.7. The number of imide groups is 1. The quantitative estimate of drug-likeness (QED) is 0.0181. The third-order valence-corrected chi connectivity index (χ3v) is 14.9. The molecule has 2 aromatic heterocycles. The number of fused-ring (bicyclic) bond motifs is 5. The normalized spacial score (nSPS) is 18.1. The summed E-state index contributed by atoms with van der Waals surface area (Å²) < 4.78 is 22.9. The van der Waals surface area contributed by atoms with Gasteiger partial charge in [0.1, 0.15) is 24.5 Å². The highest BCUT2D eigenvalue weighted by Gasteiger charge is 2.46. The molecule has 3 aliphatic heterocycles. The van der Waals surface area contributed by atoms with Crippen molar-refractivity contribution >= 4 is 58.1 Å². The van der Waals surface area contributed by atoms with E-state index in [9.17, 15) is 43.5 Å². The lowest BCUT2D eigenvalue weighted by molar-refractivity contribution is -0.173. The van der Waals surface area contributed by atoms with Gasteiger partial charge >= 0.3 is 12.0 Å². The van der Waals surface area contributed by atoms with E-state index >= 15 is 4.39 Å². The molecule has 404 valence electrons. The molecule has 0 saturated carbocycles. The van der Waals surface area contributed by atoms with Crippen molar-refractivity contribution in [2.45, 2.75) is 187 Å². The first-order valence-electron chi connectivity index (χ1n) is 27.0. The Labute approximate surface area is 432 Å². The summed E-state index contributed by atoms with van der Waals surface area (Å²) in [7, 11) is 0. The Hall–Kier alpha value is -6.24. The molecule has 2 unspecified atom stereocenters. The average Bonchev–Trinajstić information content (AvgIpc) is 3.86. The summed E-state index contributed by atoms with van der Waals surface area (Å²) in [5.74, 6) is -4.18. The van der Waals surface area contributed by atoms with E-state index in [1.807, 2.05) is 0 Å². The molecule has 0 bridgehead atoms. The van der Waals surface area contributed by atoms with Gasteiger partial charge in [0.05, 0.1) is 40.6 Å². The number of halogens is 1. The lowest BCUT2D eigenvalue weighted by Crippen LogP contribution is -2.54. The van der Waals surface area contributed by atoms with Gasteiger partial charge in [-0.25, -0.2) is 19.0 Å². The summed E-state index contributed by atoms with van der Waals surface area (Å²) in [4.78, 5) is 112. The van der Waals surface area contributed by atoms with Gasteiger partial charge in [-0.1, -0.05) is 98.8 Å². The number of hydrogen-bond acceptors (Lipinski definition) is 11. The number of urea groups is 1. The summed E-state index contributed by atoms with van der Waals surface area (Å²) in [5, 5.41) is 22.8. The fourth-order valence-electron chi connectivity index (χ4n) is 10.6. The number of nitrogens with one attached hydrogen (secondary N) is 4. The average molecular weight is 1030 g/mol. The van der Waals surface area contributed by atoms with E-state index < -0.39 is 64.7 Å². The van der Waals surface area contributed by atoms with Crippen molar-refractivity contribution in [3.05, 3.63) is 57.1 Å². The molecule has 74 heavy (non-hydrogen) atoms. The predicted octanol–water partition coefficient (Wildman–Crippen LogP) is 7.11. The van der Waals surface area contributed by atoms with E-state index in [1.165, 1.54) is 15.5 Å². The largest absolute Gasteiger partial charge is 0.458 e. The number of benzene rings is 1. The number of carbonyl (C=O) groups is 7. The van der Waals surface area contributed by atoms with E-state index in [2.05, 4.69) is 42.0 Å². The highest BCUT2D eigenvalue weighted by Crippen LogP contribution is 2.40. The summed E-state index contributed by atoms with van der Waals surface area (Å²) in [6, 6.07) is 2.83. The van der Waals surface area contributed by atoms with Crippen LogP contribution in [-0.2, 0) is 52.3 Å². The number of hydrogen-bond donors (Lipinski definition) is 6. The van der Waals surface area contributed by atoms with Crippen LogP contribution < -0.4 is 32.6 Å². The molecule has 5 heterocycles. The molecule has 5 atom stereocenters. The smallest absolute Gasteiger partial charge is 0.343 e. The van der Waals surface area contributed by atoms with Crippen LogP contribution in [0.1, 0.15) is 173 Å². The van der Waals surface area contributed by atoms with Crippen molar-refractivity contribution in [1.82, 2.24) is 30.4 Å². The molecule has 7 amide bonds. The van der Waals surface area contributed by atoms with E-state index in [4.69, 9.17) is 15.5 Å². The Balaban J connectivity index is 1.09. The van der Waals surface area contributed by atoms with Crippen molar-refractivity contribution in [2.24, 2.45) is 23.5 Å². The van der Waals surface area contributed by atoms with Crippen molar-refractivity contribution < 1.29 is 47.8 Å². The van der Waals surface area contributed by atoms with Crippen LogP contribution in [0, 0.1) is 23.6 Å². The van der Waals surface area contributed by atoms with Gasteiger partial charge in [-0.15, -0.1) is 0 Å². The van der Waals surface area contributed by atoms with Crippen molar-refractivity contribution in [3.8, 4) is 11.4 Å². The Morgan fingerprint density at radius 2 is 1.59 bits per heavy atom. The Morgan fingerprint density at radius 3 is 2.31 bits per heavy atom. The summed E-state index contributed by atoms with van der Waals surface area (Å²) in [6.45, 7) is 10.0. The second-order valence-corrected chi connectivity index (χ2v) is 20.7. The number of primary amides is 1. The molecule has 0 spiro atoms. The molecule has 18 nitrogen and oxygen atoms in total. The first kappa shape index (κ1) is 57.0. The molecule has 0 radical (unpaired) electrons. The minimum atomic E-state index is -2.01. The van der Waals surface area contributed by atoms with Gasteiger partial charge in [-0.3, -0.25) is 33.7 Å². The fraction of sp³-hybridized carbons (Fsp3) is 0.618. The molecule has 3 aromatic rings. The molecular formula is C55H77FN8O10. The number of aliphatic hydroxyl groups is 1. The van der Waals surface area contributed by atoms with Crippen LogP contribution in [-0.4, -0.2) is 86.3 Å². The Morgan fingerprint density at radius 1 is 0.878 bits per heavy atom. The monoisotopic (exact) mass is 1030 g/mol. The maximum absolute atomic E-state index is 16.0. The molecule has 19 heteroatoms. The van der Waals surface area contributed by atoms with Crippen LogP contribution in [0.5, 0.6) is 0 Å². The van der Waals surface area contributed by atoms with Crippen LogP contribution in [0.3, 0.4) is 0 Å². The van der Waals surface area contributed by atoms with Gasteiger partial charge in [-0.2, -0.15) is 0 Å². The summed E-state index contributed by atoms with van der Waals surface area (Å²) in [5.41, 5.74) is 4.55. The molecular weight excluding hydrogens is 952 g/mol. The molecule has 1 saturated heterocycles. The Bertz CT molecular complexity index is 2620. The highest BCUT2D eigenvalue weighted by atomic mass is 19.1. The number of nitrogens with two attached hydrogens (primary N) is 1. The third-order valence-electron chi connectivity index (χ3n) is 14.9. The number of esters is 1. The van der Waals surface area contributed by atoms with Gasteiger partial charge in [0.15, 0.2) is 5.60 Å². The lowest BCUT2D eigenvalue weighted by Gasteiger charge is -2.32. The number of likely N-dealkylation sites (tertiary alicyclic amines) is 1. The second kappa shape index (κ2) is 26.3. The zero-order valence-electron chi connectivity index (χ0n) is 43.9. The molecule has 1 fully saturated rings. The number of ether oxygens (including phenoxy) is 1. The summed E-state index contributed by atoms with van der Waals surface area (Å²) >= 11 is 0. The van der Waals surface area contributed by atoms with E-state index in [0.717, 1.165) is 70.3 Å². The molecule has 0 aliphatic carbocycles. The van der Waals surface area contributed by atoms with Gasteiger partial charge in [0.25, 0.3) is 5.56 Å². The minimum Gasteiger partial charge on any atom is -0.458 e. The minimum absolute atomic E-state index is 0.00329. The number of anilines is 1. The number of cyclic esters (lactones) is 1. The number of nitrogens with zero attached hydrogens (tertiary/aromatic N) is 3. The van der Waals surface area contributed by atoms with E-state index in [1.54, 1.807) is 26.0 Å². The second-order valence-electron chi connectivity index (χ2n) is 20.7. The number of amides is 7. The number of pyridine rings is 2.